The van der Waals surface area contributed by atoms with E-state index >= 15 is 0 Å². The zero-order valence-corrected chi connectivity index (χ0v) is 18.7. The van der Waals surface area contributed by atoms with Crippen LogP contribution >= 0.6 is 0 Å². The van der Waals surface area contributed by atoms with Crippen LogP contribution in [0.4, 0.5) is 0 Å². The highest BCUT2D eigenvalue weighted by Gasteiger charge is 2.34. The summed E-state index contributed by atoms with van der Waals surface area (Å²) in [7, 11) is 0. The molecule has 1 aromatic carbocycles. The molecule has 7 heteroatoms. The van der Waals surface area contributed by atoms with E-state index in [9.17, 15) is 4.79 Å². The van der Waals surface area contributed by atoms with Crippen LogP contribution in [0.2, 0.25) is 0 Å². The van der Waals surface area contributed by atoms with Crippen LogP contribution in [0.15, 0.2) is 23.0 Å². The molecule has 0 radical (unpaired) electrons. The normalized spacial score (nSPS) is 16.8. The lowest BCUT2D eigenvalue weighted by molar-refractivity contribution is 0.167. The summed E-state index contributed by atoms with van der Waals surface area (Å²) in [6.07, 6.45) is 4.36. The third-order valence-electron chi connectivity index (χ3n) is 6.70. The average molecular weight is 409 g/mol. The SMILES string of the molecule is CCC(C)(C)n1nnnc1C(c1cc2c(C)ccc(C)c2[nH]c1=O)N1CCCCC1. The molecule has 1 unspecified atom stereocenters. The number of nitrogens with zero attached hydrogens (tertiary/aromatic N) is 5. The molecular weight excluding hydrogens is 376 g/mol. The van der Waals surface area contributed by atoms with Crippen molar-refractivity contribution in [3.63, 3.8) is 0 Å². The summed E-state index contributed by atoms with van der Waals surface area (Å²) >= 11 is 0. The number of aromatic amines is 1. The third kappa shape index (κ3) is 3.55. The lowest BCUT2D eigenvalue weighted by Gasteiger charge is -2.35. The van der Waals surface area contributed by atoms with Crippen LogP contribution in [-0.4, -0.2) is 43.2 Å². The van der Waals surface area contributed by atoms with Gasteiger partial charge >= 0.3 is 0 Å². The van der Waals surface area contributed by atoms with Gasteiger partial charge in [-0.25, -0.2) is 4.68 Å². The van der Waals surface area contributed by atoms with Crippen LogP contribution in [0.5, 0.6) is 0 Å². The minimum Gasteiger partial charge on any atom is -0.321 e. The Labute approximate surface area is 177 Å². The molecule has 1 aliphatic rings. The molecule has 4 rings (SSSR count). The molecule has 1 saturated heterocycles. The molecular formula is C23H32N6O. The number of fused-ring (bicyclic) bond motifs is 1. The van der Waals surface area contributed by atoms with Gasteiger partial charge in [-0.1, -0.05) is 25.5 Å². The fraction of sp³-hybridized carbons (Fsp3) is 0.565. The Morgan fingerprint density at radius 1 is 1.13 bits per heavy atom. The van der Waals surface area contributed by atoms with Crippen LogP contribution < -0.4 is 5.56 Å². The largest absolute Gasteiger partial charge is 0.321 e. The molecule has 2 aromatic heterocycles. The molecule has 0 spiro atoms. The summed E-state index contributed by atoms with van der Waals surface area (Å²) in [4.78, 5) is 18.9. The van der Waals surface area contributed by atoms with E-state index in [1.165, 1.54) is 6.42 Å². The quantitative estimate of drug-likeness (QED) is 0.694. The highest BCUT2D eigenvalue weighted by molar-refractivity contribution is 5.85. The van der Waals surface area contributed by atoms with Crippen LogP contribution in [0.3, 0.4) is 0 Å². The van der Waals surface area contributed by atoms with E-state index in [2.05, 4.69) is 71.3 Å². The predicted octanol–water partition coefficient (Wildman–Crippen LogP) is 3.85. The molecule has 1 fully saturated rings. The van der Waals surface area contributed by atoms with Crippen LogP contribution in [-0.2, 0) is 5.54 Å². The van der Waals surface area contributed by atoms with Crippen molar-refractivity contribution in [1.82, 2.24) is 30.1 Å². The number of hydrogen-bond donors (Lipinski definition) is 1. The van der Waals surface area contributed by atoms with Crippen molar-refractivity contribution in [1.29, 1.82) is 0 Å². The van der Waals surface area contributed by atoms with Gasteiger partial charge in [0.05, 0.1) is 11.1 Å². The maximum atomic E-state index is 13.3. The molecule has 0 saturated carbocycles. The third-order valence-corrected chi connectivity index (χ3v) is 6.70. The second-order valence-corrected chi connectivity index (χ2v) is 9.16. The van der Waals surface area contributed by atoms with E-state index in [4.69, 9.17) is 0 Å². The summed E-state index contributed by atoms with van der Waals surface area (Å²) in [6, 6.07) is 5.96. The number of benzene rings is 1. The molecule has 0 bridgehead atoms. The summed E-state index contributed by atoms with van der Waals surface area (Å²) in [5, 5.41) is 13.9. The maximum Gasteiger partial charge on any atom is 0.253 e. The number of pyridine rings is 1. The Balaban J connectivity index is 1.95. The number of H-pyrrole nitrogens is 1. The summed E-state index contributed by atoms with van der Waals surface area (Å²) < 4.78 is 1.92. The Morgan fingerprint density at radius 2 is 1.83 bits per heavy atom. The monoisotopic (exact) mass is 408 g/mol. The first-order chi connectivity index (χ1) is 14.3. The average Bonchev–Trinajstić information content (AvgIpc) is 3.23. The Morgan fingerprint density at radius 3 is 2.53 bits per heavy atom. The van der Waals surface area contributed by atoms with Crippen molar-refractivity contribution in [3.05, 3.63) is 51.1 Å². The number of rotatable bonds is 5. The Kier molecular flexibility index (Phi) is 5.49. The van der Waals surface area contributed by atoms with E-state index in [1.807, 2.05) is 11.6 Å². The molecule has 3 aromatic rings. The zero-order chi connectivity index (χ0) is 21.5. The number of aryl methyl sites for hydroxylation is 2. The van der Waals surface area contributed by atoms with Crippen LogP contribution in [0, 0.1) is 13.8 Å². The second-order valence-electron chi connectivity index (χ2n) is 9.16. The van der Waals surface area contributed by atoms with Gasteiger partial charge in [-0.3, -0.25) is 9.69 Å². The van der Waals surface area contributed by atoms with E-state index < -0.39 is 0 Å². The number of hydrogen-bond acceptors (Lipinski definition) is 5. The van der Waals surface area contributed by atoms with Crippen molar-refractivity contribution in [2.45, 2.75) is 71.9 Å². The summed E-state index contributed by atoms with van der Waals surface area (Å²) in [5.41, 5.74) is 3.57. The van der Waals surface area contributed by atoms with Gasteiger partial charge in [-0.15, -0.1) is 5.10 Å². The highest BCUT2D eigenvalue weighted by atomic mass is 16.1. The number of aromatic nitrogens is 5. The fourth-order valence-corrected chi connectivity index (χ4v) is 4.42. The molecule has 1 aliphatic heterocycles. The highest BCUT2D eigenvalue weighted by Crippen LogP contribution is 2.32. The van der Waals surface area contributed by atoms with Crippen LogP contribution in [0.1, 0.15) is 75.0 Å². The molecule has 3 heterocycles. The molecule has 0 amide bonds. The standard InChI is InChI=1S/C23H32N6O/c1-6-23(4,5)29-21(25-26-27-29)20(28-12-8-7-9-13-28)18-14-17-15(2)10-11-16(3)19(17)24-22(18)30/h10-11,14,20H,6-9,12-13H2,1-5H3,(H,24,30). The number of nitrogens with one attached hydrogen (secondary N) is 1. The van der Waals surface area contributed by atoms with E-state index in [-0.39, 0.29) is 17.1 Å². The molecule has 1 atom stereocenters. The molecule has 160 valence electrons. The fourth-order valence-electron chi connectivity index (χ4n) is 4.42. The topological polar surface area (TPSA) is 79.7 Å². The van der Waals surface area contributed by atoms with Gasteiger partial charge in [-0.05, 0) is 87.7 Å². The lowest BCUT2D eigenvalue weighted by Crippen LogP contribution is -2.40. The Hall–Kier alpha value is -2.54. The summed E-state index contributed by atoms with van der Waals surface area (Å²) in [5.74, 6) is 0.749. The Bertz CT molecular complexity index is 1110. The molecule has 30 heavy (non-hydrogen) atoms. The predicted molar refractivity (Wildman–Crippen MR) is 119 cm³/mol. The molecule has 1 N–H and O–H groups in total. The zero-order valence-electron chi connectivity index (χ0n) is 18.7. The first-order valence-corrected chi connectivity index (χ1v) is 11.0. The first-order valence-electron chi connectivity index (χ1n) is 11.0. The number of likely N-dealkylation sites (tertiary alicyclic amines) is 1. The van der Waals surface area contributed by atoms with E-state index in [0.29, 0.717) is 0 Å². The molecule has 0 aliphatic carbocycles. The number of piperidine rings is 1. The van der Waals surface area contributed by atoms with Gasteiger partial charge < -0.3 is 4.98 Å². The van der Waals surface area contributed by atoms with Crippen molar-refractivity contribution in [2.24, 2.45) is 0 Å². The summed E-state index contributed by atoms with van der Waals surface area (Å²) in [6.45, 7) is 12.4. The van der Waals surface area contributed by atoms with Crippen molar-refractivity contribution < 1.29 is 0 Å². The van der Waals surface area contributed by atoms with Gasteiger partial charge in [0.15, 0.2) is 5.82 Å². The van der Waals surface area contributed by atoms with Crippen molar-refractivity contribution in [3.8, 4) is 0 Å². The van der Waals surface area contributed by atoms with Crippen molar-refractivity contribution >= 4 is 10.9 Å². The maximum absolute atomic E-state index is 13.3. The second kappa shape index (κ2) is 7.95. The smallest absolute Gasteiger partial charge is 0.253 e. The van der Waals surface area contributed by atoms with Crippen molar-refractivity contribution in [2.75, 3.05) is 13.1 Å². The lowest BCUT2D eigenvalue weighted by atomic mass is 9.96. The first kappa shape index (κ1) is 20.7. The minimum atomic E-state index is -0.265. The van der Waals surface area contributed by atoms with Gasteiger partial charge in [-0.2, -0.15) is 0 Å². The number of tetrazole rings is 1. The minimum absolute atomic E-state index is 0.0596. The van der Waals surface area contributed by atoms with E-state index in [0.717, 1.165) is 65.8 Å². The van der Waals surface area contributed by atoms with Gasteiger partial charge in [0.2, 0.25) is 0 Å². The van der Waals surface area contributed by atoms with Crippen LogP contribution in [0.25, 0.3) is 10.9 Å². The van der Waals surface area contributed by atoms with Gasteiger partial charge in [0.1, 0.15) is 6.04 Å². The van der Waals surface area contributed by atoms with Gasteiger partial charge in [0, 0.05) is 10.9 Å². The van der Waals surface area contributed by atoms with E-state index in [1.54, 1.807) is 0 Å². The molecule has 7 nitrogen and oxygen atoms in total. The van der Waals surface area contributed by atoms with Gasteiger partial charge in [0.25, 0.3) is 5.56 Å².